The van der Waals surface area contributed by atoms with E-state index in [1.54, 1.807) is 0 Å². The van der Waals surface area contributed by atoms with Crippen LogP contribution in [-0.2, 0) is 16.0 Å². The monoisotopic (exact) mass is 255 g/mol. The molecule has 0 radical (unpaired) electrons. The average Bonchev–Trinajstić information content (AvgIpc) is 2.91. The fraction of sp³-hybridized carbons (Fsp3) is 0.375. The number of hydrogen-bond acceptors (Lipinski definition) is 3. The maximum absolute atomic E-state index is 12.0. The Hall–Kier alpha value is -1.74. The first-order valence-corrected chi connectivity index (χ1v) is 6.75. The summed E-state index contributed by atoms with van der Waals surface area (Å²) in [5.74, 6) is 0.672. The summed E-state index contributed by atoms with van der Waals surface area (Å²) >= 11 is 0. The van der Waals surface area contributed by atoms with Crippen molar-refractivity contribution in [3.8, 4) is 0 Å². The number of benzene rings is 1. The van der Waals surface area contributed by atoms with Crippen LogP contribution in [0.2, 0.25) is 0 Å². The van der Waals surface area contributed by atoms with Crippen LogP contribution in [0.4, 0.5) is 0 Å². The van der Waals surface area contributed by atoms with E-state index in [-0.39, 0.29) is 5.78 Å². The van der Waals surface area contributed by atoms with E-state index in [1.807, 2.05) is 36.4 Å². The number of nitrogens with zero attached hydrogens (tertiary/aromatic N) is 1. The van der Waals surface area contributed by atoms with Gasteiger partial charge >= 0.3 is 0 Å². The normalized spacial score (nSPS) is 18.8. The van der Waals surface area contributed by atoms with Gasteiger partial charge in [-0.2, -0.15) is 0 Å². The molecule has 0 spiro atoms. The van der Waals surface area contributed by atoms with Crippen LogP contribution in [0.5, 0.6) is 0 Å². The molecule has 3 heteroatoms. The minimum Gasteiger partial charge on any atom is -0.381 e. The van der Waals surface area contributed by atoms with Crippen LogP contribution >= 0.6 is 0 Å². The fourth-order valence-electron chi connectivity index (χ4n) is 2.55. The van der Waals surface area contributed by atoms with Crippen LogP contribution in [0.1, 0.15) is 18.5 Å². The summed E-state index contributed by atoms with van der Waals surface area (Å²) in [6.07, 6.45) is 2.06. The molecular weight excluding hydrogens is 238 g/mol. The fourth-order valence-corrected chi connectivity index (χ4v) is 2.55. The van der Waals surface area contributed by atoms with Gasteiger partial charge in [-0.1, -0.05) is 24.3 Å². The minimum atomic E-state index is 0.262. The van der Waals surface area contributed by atoms with Crippen molar-refractivity contribution in [3.05, 3.63) is 42.1 Å². The summed E-state index contributed by atoms with van der Waals surface area (Å²) in [4.78, 5) is 16.5. The zero-order valence-electron chi connectivity index (χ0n) is 10.8. The summed E-state index contributed by atoms with van der Waals surface area (Å²) in [5.41, 5.74) is 1.82. The Morgan fingerprint density at radius 2 is 2.16 bits per heavy atom. The Morgan fingerprint density at radius 3 is 3.00 bits per heavy atom. The molecule has 0 aliphatic carbocycles. The lowest BCUT2D eigenvalue weighted by molar-refractivity contribution is -0.119. The van der Waals surface area contributed by atoms with Crippen LogP contribution in [0.3, 0.4) is 0 Å². The molecule has 1 aliphatic rings. The van der Waals surface area contributed by atoms with E-state index in [4.69, 9.17) is 4.74 Å². The third-order valence-electron chi connectivity index (χ3n) is 3.57. The summed E-state index contributed by atoms with van der Waals surface area (Å²) < 4.78 is 5.30. The third kappa shape index (κ3) is 2.99. The summed E-state index contributed by atoms with van der Waals surface area (Å²) in [6, 6.07) is 12.0. The quantitative estimate of drug-likeness (QED) is 0.843. The van der Waals surface area contributed by atoms with Crippen molar-refractivity contribution in [2.24, 2.45) is 5.92 Å². The number of fused-ring (bicyclic) bond motifs is 1. The van der Waals surface area contributed by atoms with Gasteiger partial charge in [-0.3, -0.25) is 9.78 Å². The molecule has 0 N–H and O–H groups in total. The maximum atomic E-state index is 12.0. The van der Waals surface area contributed by atoms with E-state index < -0.39 is 0 Å². The lowest BCUT2D eigenvalue weighted by atomic mass is 9.99. The first-order valence-electron chi connectivity index (χ1n) is 6.75. The molecule has 1 aromatic carbocycles. The van der Waals surface area contributed by atoms with Crippen LogP contribution in [0.15, 0.2) is 36.4 Å². The van der Waals surface area contributed by atoms with E-state index in [9.17, 15) is 4.79 Å². The summed E-state index contributed by atoms with van der Waals surface area (Å²) in [7, 11) is 0. The highest BCUT2D eigenvalue weighted by atomic mass is 16.5. The third-order valence-corrected chi connectivity index (χ3v) is 3.57. The number of rotatable bonds is 4. The number of para-hydroxylation sites is 1. The van der Waals surface area contributed by atoms with Crippen molar-refractivity contribution < 1.29 is 9.53 Å². The highest BCUT2D eigenvalue weighted by Crippen LogP contribution is 2.18. The molecule has 0 bridgehead atoms. The lowest BCUT2D eigenvalue weighted by Crippen LogP contribution is -2.11. The van der Waals surface area contributed by atoms with Gasteiger partial charge in [0.25, 0.3) is 0 Å². The second-order valence-corrected chi connectivity index (χ2v) is 5.14. The number of carbonyl (C=O) groups is 1. The van der Waals surface area contributed by atoms with E-state index in [0.717, 1.165) is 36.2 Å². The van der Waals surface area contributed by atoms with Crippen LogP contribution in [0, 0.1) is 5.92 Å². The molecule has 1 saturated heterocycles. The molecule has 1 aliphatic heterocycles. The van der Waals surface area contributed by atoms with Gasteiger partial charge < -0.3 is 4.74 Å². The van der Waals surface area contributed by atoms with E-state index >= 15 is 0 Å². The number of carbonyl (C=O) groups excluding carboxylic acids is 1. The Bertz CT molecular complexity index is 588. The van der Waals surface area contributed by atoms with Gasteiger partial charge in [0.1, 0.15) is 5.78 Å². The Balaban J connectivity index is 1.68. The second-order valence-electron chi connectivity index (χ2n) is 5.14. The number of aromatic nitrogens is 1. The first kappa shape index (κ1) is 12.3. The lowest BCUT2D eigenvalue weighted by Gasteiger charge is -2.06. The molecule has 0 amide bonds. The van der Waals surface area contributed by atoms with E-state index in [2.05, 4.69) is 4.98 Å². The van der Waals surface area contributed by atoms with Crippen molar-refractivity contribution in [1.29, 1.82) is 0 Å². The van der Waals surface area contributed by atoms with Gasteiger partial charge in [-0.25, -0.2) is 0 Å². The number of pyridine rings is 1. The molecule has 2 aromatic rings. The molecule has 3 nitrogen and oxygen atoms in total. The van der Waals surface area contributed by atoms with Gasteiger partial charge in [0, 0.05) is 37.1 Å². The van der Waals surface area contributed by atoms with Crippen LogP contribution in [0.25, 0.3) is 10.9 Å². The van der Waals surface area contributed by atoms with Crippen LogP contribution < -0.4 is 0 Å². The van der Waals surface area contributed by atoms with Gasteiger partial charge in [-0.05, 0) is 24.5 Å². The van der Waals surface area contributed by atoms with Crippen LogP contribution in [-0.4, -0.2) is 24.0 Å². The number of hydrogen-bond donors (Lipinski definition) is 0. The van der Waals surface area contributed by atoms with Crippen molar-refractivity contribution in [3.63, 3.8) is 0 Å². The SMILES string of the molecule is O=C(Cc1ccc2ccccc2n1)CC1CCOC1. The van der Waals surface area contributed by atoms with Gasteiger partial charge in [0.2, 0.25) is 0 Å². The zero-order chi connectivity index (χ0) is 13.1. The van der Waals surface area contributed by atoms with Crippen molar-refractivity contribution in [2.45, 2.75) is 19.3 Å². The van der Waals surface area contributed by atoms with E-state index in [0.29, 0.717) is 18.8 Å². The average molecular weight is 255 g/mol. The maximum Gasteiger partial charge on any atom is 0.139 e. The summed E-state index contributed by atoms with van der Waals surface area (Å²) in [5, 5.41) is 1.11. The molecular formula is C16H17NO2. The zero-order valence-corrected chi connectivity index (χ0v) is 10.8. The predicted molar refractivity (Wildman–Crippen MR) is 74.0 cm³/mol. The molecule has 1 unspecified atom stereocenters. The molecule has 1 aromatic heterocycles. The van der Waals surface area contributed by atoms with Crippen molar-refractivity contribution in [2.75, 3.05) is 13.2 Å². The number of ketones is 1. The first-order chi connectivity index (χ1) is 9.31. The summed E-state index contributed by atoms with van der Waals surface area (Å²) in [6.45, 7) is 1.53. The molecule has 3 rings (SSSR count). The Morgan fingerprint density at radius 1 is 1.26 bits per heavy atom. The number of Topliss-reactive ketones (excluding diaryl/α,β-unsaturated/α-hetero) is 1. The highest BCUT2D eigenvalue weighted by Gasteiger charge is 2.19. The largest absolute Gasteiger partial charge is 0.381 e. The Labute approximate surface area is 112 Å². The van der Waals surface area contributed by atoms with E-state index in [1.165, 1.54) is 0 Å². The van der Waals surface area contributed by atoms with Crippen molar-refractivity contribution >= 4 is 16.7 Å². The Kier molecular flexibility index (Phi) is 3.56. The topological polar surface area (TPSA) is 39.2 Å². The van der Waals surface area contributed by atoms with Gasteiger partial charge in [0.05, 0.1) is 5.52 Å². The highest BCUT2D eigenvalue weighted by molar-refractivity contribution is 5.83. The standard InChI is InChI=1S/C16H17NO2/c18-15(9-12-7-8-19-11-12)10-14-6-5-13-3-1-2-4-16(13)17-14/h1-6,12H,7-11H2. The second kappa shape index (κ2) is 5.49. The predicted octanol–water partition coefficient (Wildman–Crippen LogP) is 2.77. The van der Waals surface area contributed by atoms with Gasteiger partial charge in [-0.15, -0.1) is 0 Å². The molecule has 98 valence electrons. The minimum absolute atomic E-state index is 0.262. The molecule has 19 heavy (non-hydrogen) atoms. The molecule has 0 saturated carbocycles. The molecule has 1 fully saturated rings. The smallest absolute Gasteiger partial charge is 0.139 e. The number of ether oxygens (including phenoxy) is 1. The van der Waals surface area contributed by atoms with Crippen molar-refractivity contribution in [1.82, 2.24) is 4.98 Å². The van der Waals surface area contributed by atoms with Gasteiger partial charge in [0.15, 0.2) is 0 Å². The molecule has 2 heterocycles. The molecule has 1 atom stereocenters.